The maximum atomic E-state index is 12.1. The van der Waals surface area contributed by atoms with E-state index < -0.39 is 15.9 Å². The number of sulfone groups is 1. The van der Waals surface area contributed by atoms with E-state index in [2.05, 4.69) is 17.1 Å². The molecule has 23 heavy (non-hydrogen) atoms. The van der Waals surface area contributed by atoms with Gasteiger partial charge in [-0.2, -0.15) is 0 Å². The quantitative estimate of drug-likeness (QED) is 0.692. The second-order valence-electron chi connectivity index (χ2n) is 7.06. The normalized spacial score (nSPS) is 26.4. The summed E-state index contributed by atoms with van der Waals surface area (Å²) in [5.74, 6) is 0.326. The van der Waals surface area contributed by atoms with Gasteiger partial charge in [-0.1, -0.05) is 19.8 Å². The van der Waals surface area contributed by atoms with E-state index in [-0.39, 0.29) is 36.0 Å². The standard InChI is InChI=1S/C15H31N3O3S.ClH/c1-12-6-5-8-15(10-12,18(2)3)11-17-14(19)13(16)7-9-22(4,20)21;/h12-13H,5-11,16H2,1-4H3,(H,17,19);1H. The van der Waals surface area contributed by atoms with Crippen molar-refractivity contribution in [1.82, 2.24) is 10.2 Å². The van der Waals surface area contributed by atoms with E-state index in [0.717, 1.165) is 25.5 Å². The van der Waals surface area contributed by atoms with Crippen LogP contribution in [0.15, 0.2) is 0 Å². The molecule has 0 spiro atoms. The van der Waals surface area contributed by atoms with Crippen molar-refractivity contribution in [1.29, 1.82) is 0 Å². The molecule has 6 nitrogen and oxygen atoms in total. The number of amides is 1. The Bertz CT molecular complexity index is 484. The second kappa shape index (κ2) is 9.20. The smallest absolute Gasteiger partial charge is 0.237 e. The zero-order valence-electron chi connectivity index (χ0n) is 14.7. The lowest BCUT2D eigenvalue weighted by molar-refractivity contribution is -0.123. The highest BCUT2D eigenvalue weighted by molar-refractivity contribution is 7.90. The molecule has 1 amide bonds. The molecule has 3 N–H and O–H groups in total. The van der Waals surface area contributed by atoms with Crippen LogP contribution in [0.2, 0.25) is 0 Å². The topological polar surface area (TPSA) is 92.5 Å². The molecule has 3 atom stereocenters. The largest absolute Gasteiger partial charge is 0.353 e. The van der Waals surface area contributed by atoms with Gasteiger partial charge in [-0.25, -0.2) is 8.42 Å². The molecule has 3 unspecified atom stereocenters. The third-order valence-corrected chi connectivity index (χ3v) is 5.72. The number of halogens is 1. The number of nitrogens with zero attached hydrogens (tertiary/aromatic N) is 1. The van der Waals surface area contributed by atoms with E-state index in [4.69, 9.17) is 5.73 Å². The van der Waals surface area contributed by atoms with Crippen LogP contribution in [-0.2, 0) is 14.6 Å². The SMILES string of the molecule is CC1CCCC(CNC(=O)C(N)CCS(C)(=O)=O)(N(C)C)C1.Cl. The summed E-state index contributed by atoms with van der Waals surface area (Å²) < 4.78 is 22.3. The Morgan fingerprint density at radius 3 is 2.52 bits per heavy atom. The second-order valence-corrected chi connectivity index (χ2v) is 9.32. The van der Waals surface area contributed by atoms with Crippen LogP contribution in [0.4, 0.5) is 0 Å². The summed E-state index contributed by atoms with van der Waals surface area (Å²) in [6.07, 6.45) is 5.83. The lowest BCUT2D eigenvalue weighted by atomic mass is 9.75. The van der Waals surface area contributed by atoms with Gasteiger partial charge in [0.2, 0.25) is 5.91 Å². The van der Waals surface area contributed by atoms with Crippen LogP contribution in [0.1, 0.15) is 39.0 Å². The predicted molar refractivity (Wildman–Crippen MR) is 96.6 cm³/mol. The summed E-state index contributed by atoms with van der Waals surface area (Å²) in [7, 11) is 1.01. The van der Waals surface area contributed by atoms with Crippen LogP contribution >= 0.6 is 12.4 Å². The van der Waals surface area contributed by atoms with Gasteiger partial charge in [0, 0.05) is 18.3 Å². The van der Waals surface area contributed by atoms with E-state index in [9.17, 15) is 13.2 Å². The number of carbonyl (C=O) groups excluding carboxylic acids is 1. The molecule has 0 heterocycles. The van der Waals surface area contributed by atoms with E-state index in [1.807, 2.05) is 14.1 Å². The highest BCUT2D eigenvalue weighted by atomic mass is 35.5. The first-order chi connectivity index (χ1) is 10.1. The Morgan fingerprint density at radius 2 is 2.04 bits per heavy atom. The lowest BCUT2D eigenvalue weighted by Crippen LogP contribution is -2.56. The fourth-order valence-corrected chi connectivity index (χ4v) is 3.89. The van der Waals surface area contributed by atoms with Crippen LogP contribution in [-0.4, -0.2) is 63.5 Å². The van der Waals surface area contributed by atoms with E-state index >= 15 is 0 Å². The summed E-state index contributed by atoms with van der Waals surface area (Å²) in [5.41, 5.74) is 5.77. The first-order valence-corrected chi connectivity index (χ1v) is 10.0. The van der Waals surface area contributed by atoms with Crippen molar-refractivity contribution in [2.75, 3.05) is 32.6 Å². The van der Waals surface area contributed by atoms with Crippen LogP contribution in [0, 0.1) is 5.92 Å². The van der Waals surface area contributed by atoms with E-state index in [0.29, 0.717) is 12.5 Å². The molecule has 0 saturated heterocycles. The minimum absolute atomic E-state index is 0. The maximum absolute atomic E-state index is 12.1. The first kappa shape index (κ1) is 22.6. The fourth-order valence-electron chi connectivity index (χ4n) is 3.21. The molecule has 1 saturated carbocycles. The van der Waals surface area contributed by atoms with Gasteiger partial charge in [-0.15, -0.1) is 12.4 Å². The molecule has 0 aliphatic heterocycles. The Labute approximate surface area is 146 Å². The van der Waals surface area contributed by atoms with Crippen molar-refractivity contribution in [3.8, 4) is 0 Å². The van der Waals surface area contributed by atoms with Gasteiger partial charge in [-0.05, 0) is 39.3 Å². The Kier molecular flexibility index (Phi) is 9.05. The van der Waals surface area contributed by atoms with Crippen molar-refractivity contribution in [3.63, 3.8) is 0 Å². The van der Waals surface area contributed by atoms with Crippen molar-refractivity contribution in [2.45, 2.75) is 50.6 Å². The number of nitrogens with two attached hydrogens (primary N) is 1. The minimum Gasteiger partial charge on any atom is -0.353 e. The Morgan fingerprint density at radius 1 is 1.43 bits per heavy atom. The molecular weight excluding hydrogens is 338 g/mol. The molecule has 1 aliphatic rings. The lowest BCUT2D eigenvalue weighted by Gasteiger charge is -2.45. The third kappa shape index (κ3) is 7.37. The van der Waals surface area contributed by atoms with Crippen molar-refractivity contribution in [2.24, 2.45) is 11.7 Å². The molecule has 8 heteroatoms. The van der Waals surface area contributed by atoms with Crippen LogP contribution < -0.4 is 11.1 Å². The molecule has 0 aromatic heterocycles. The summed E-state index contributed by atoms with van der Waals surface area (Å²) in [6.45, 7) is 2.81. The number of hydrogen-bond donors (Lipinski definition) is 2. The Hall–Kier alpha value is -0.370. The number of nitrogens with one attached hydrogen (secondary N) is 1. The summed E-state index contributed by atoms with van der Waals surface area (Å²) in [4.78, 5) is 14.3. The highest BCUT2D eigenvalue weighted by Gasteiger charge is 2.37. The van der Waals surface area contributed by atoms with Gasteiger partial charge in [0.1, 0.15) is 9.84 Å². The molecule has 1 rings (SSSR count). The van der Waals surface area contributed by atoms with Gasteiger partial charge in [-0.3, -0.25) is 4.79 Å². The molecule has 138 valence electrons. The summed E-state index contributed by atoms with van der Waals surface area (Å²) in [5, 5.41) is 2.93. The Balaban J connectivity index is 0.00000484. The zero-order valence-corrected chi connectivity index (χ0v) is 16.3. The van der Waals surface area contributed by atoms with E-state index in [1.165, 1.54) is 6.42 Å². The van der Waals surface area contributed by atoms with Crippen molar-refractivity contribution >= 4 is 28.2 Å². The number of likely N-dealkylation sites (N-methyl/N-ethyl adjacent to an activating group) is 1. The predicted octanol–water partition coefficient (Wildman–Crippen LogP) is 0.797. The molecule has 0 bridgehead atoms. The average Bonchev–Trinajstić information content (AvgIpc) is 2.41. The maximum Gasteiger partial charge on any atom is 0.237 e. The van der Waals surface area contributed by atoms with Crippen molar-refractivity contribution in [3.05, 3.63) is 0 Å². The fraction of sp³-hybridized carbons (Fsp3) is 0.933. The van der Waals surface area contributed by atoms with Crippen LogP contribution in [0.25, 0.3) is 0 Å². The monoisotopic (exact) mass is 369 g/mol. The van der Waals surface area contributed by atoms with Gasteiger partial charge < -0.3 is 16.0 Å². The average molecular weight is 370 g/mol. The molecule has 0 radical (unpaired) electrons. The molecule has 0 aromatic rings. The first-order valence-electron chi connectivity index (χ1n) is 7.94. The van der Waals surface area contributed by atoms with Gasteiger partial charge in [0.15, 0.2) is 0 Å². The number of carbonyl (C=O) groups is 1. The van der Waals surface area contributed by atoms with Crippen LogP contribution in [0.3, 0.4) is 0 Å². The van der Waals surface area contributed by atoms with Crippen molar-refractivity contribution < 1.29 is 13.2 Å². The molecular formula is C15H32ClN3O3S. The highest BCUT2D eigenvalue weighted by Crippen LogP contribution is 2.35. The van der Waals surface area contributed by atoms with Gasteiger partial charge >= 0.3 is 0 Å². The molecule has 1 fully saturated rings. The number of hydrogen-bond acceptors (Lipinski definition) is 5. The van der Waals surface area contributed by atoms with E-state index in [1.54, 1.807) is 0 Å². The van der Waals surface area contributed by atoms with Crippen LogP contribution in [0.5, 0.6) is 0 Å². The minimum atomic E-state index is -3.09. The number of rotatable bonds is 7. The molecule has 1 aliphatic carbocycles. The summed E-state index contributed by atoms with van der Waals surface area (Å²) in [6, 6.07) is -0.769. The summed E-state index contributed by atoms with van der Waals surface area (Å²) >= 11 is 0. The van der Waals surface area contributed by atoms with Gasteiger partial charge in [0.05, 0.1) is 11.8 Å². The third-order valence-electron chi connectivity index (χ3n) is 4.74. The zero-order chi connectivity index (χ0) is 17.0. The molecule has 0 aromatic carbocycles. The van der Waals surface area contributed by atoms with Gasteiger partial charge in [0.25, 0.3) is 0 Å².